The number of hydrogen-bond acceptors (Lipinski definition) is 0. The molecule has 0 spiro atoms. The summed E-state index contributed by atoms with van der Waals surface area (Å²) in [6, 6.07) is 33.3. The first-order chi connectivity index (χ1) is 12.4. The van der Waals surface area contributed by atoms with Gasteiger partial charge in [-0.15, -0.1) is 0 Å². The van der Waals surface area contributed by atoms with E-state index in [0.29, 0.717) is 0 Å². The third-order valence-corrected chi connectivity index (χ3v) is 9.09. The fourth-order valence-corrected chi connectivity index (χ4v) is 7.68. The highest BCUT2D eigenvalue weighted by Crippen LogP contribution is 2.55. The van der Waals surface area contributed by atoms with Crippen LogP contribution >= 0.6 is 7.26 Å². The summed E-state index contributed by atoms with van der Waals surface area (Å²) in [5.41, 5.74) is 0. The van der Waals surface area contributed by atoms with Crippen LogP contribution in [0.25, 0.3) is 0 Å². The maximum atomic E-state index is 2.35. The van der Waals surface area contributed by atoms with Crippen LogP contribution in [0.1, 0.15) is 19.8 Å². The van der Waals surface area contributed by atoms with Crippen LogP contribution in [0.15, 0.2) is 103 Å². The molecule has 0 radical (unpaired) electrons. The molecule has 0 aliphatic carbocycles. The summed E-state index contributed by atoms with van der Waals surface area (Å²) in [7, 11) is -1.64. The Hall–Kier alpha value is -2.17. The van der Waals surface area contributed by atoms with Gasteiger partial charge >= 0.3 is 0 Å². The fourth-order valence-electron chi connectivity index (χ4n) is 3.43. The molecule has 3 rings (SSSR count). The Labute approximate surface area is 152 Å². The first-order valence-corrected chi connectivity index (χ1v) is 11.1. The number of rotatable bonds is 7. The van der Waals surface area contributed by atoms with Crippen molar-refractivity contribution in [3.8, 4) is 0 Å². The average molecular weight is 345 g/mol. The predicted molar refractivity (Wildman–Crippen MR) is 114 cm³/mol. The van der Waals surface area contributed by atoms with Crippen LogP contribution in [0.5, 0.6) is 0 Å². The van der Waals surface area contributed by atoms with E-state index in [9.17, 15) is 0 Å². The molecule has 25 heavy (non-hydrogen) atoms. The van der Waals surface area contributed by atoms with E-state index in [1.165, 1.54) is 22.1 Å². The topological polar surface area (TPSA) is 0 Å². The predicted octanol–water partition coefficient (Wildman–Crippen LogP) is 5.34. The standard InChI is InChI=1S/C24H26P/c1-2-3-4-14-21-25(22-15-8-5-9-16-22,23-17-10-6-11-18-23)24-19-12-7-13-20-24/h3-13,15-20H,2,14,21H2,1H3/q+1/b4-3+. The molecule has 0 bridgehead atoms. The molecular formula is C24H26P+. The van der Waals surface area contributed by atoms with Crippen LogP contribution in [0.4, 0.5) is 0 Å². The molecule has 0 N–H and O–H groups in total. The van der Waals surface area contributed by atoms with Gasteiger partial charge in [0, 0.05) is 6.42 Å². The molecule has 0 aliphatic heterocycles. The first-order valence-electron chi connectivity index (χ1n) is 9.08. The molecule has 0 aliphatic rings. The lowest BCUT2D eigenvalue weighted by atomic mass is 10.3. The van der Waals surface area contributed by atoms with Crippen molar-refractivity contribution < 1.29 is 0 Å². The zero-order valence-corrected chi connectivity index (χ0v) is 15.8. The van der Waals surface area contributed by atoms with Gasteiger partial charge in [-0.3, -0.25) is 0 Å². The van der Waals surface area contributed by atoms with Crippen LogP contribution in [-0.2, 0) is 0 Å². The summed E-state index contributed by atoms with van der Waals surface area (Å²) in [6.07, 6.45) is 8.02. The maximum Gasteiger partial charge on any atom is 0.112 e. The zero-order chi connectivity index (χ0) is 17.4. The lowest BCUT2D eigenvalue weighted by molar-refractivity contribution is 1.16. The third kappa shape index (κ3) is 3.91. The van der Waals surface area contributed by atoms with Crippen LogP contribution in [0.2, 0.25) is 0 Å². The summed E-state index contributed by atoms with van der Waals surface area (Å²) < 4.78 is 0. The van der Waals surface area contributed by atoms with Gasteiger partial charge in [-0.25, -0.2) is 0 Å². The molecule has 0 unspecified atom stereocenters. The van der Waals surface area contributed by atoms with Crippen molar-refractivity contribution in [3.63, 3.8) is 0 Å². The SMILES string of the molecule is CC/C=C/CC[P+](c1ccccc1)(c1ccccc1)c1ccccc1. The van der Waals surface area contributed by atoms with E-state index >= 15 is 0 Å². The van der Waals surface area contributed by atoms with Gasteiger partial charge in [-0.1, -0.05) is 73.7 Å². The van der Waals surface area contributed by atoms with E-state index in [1.807, 2.05) is 0 Å². The summed E-state index contributed by atoms with van der Waals surface area (Å²) in [4.78, 5) is 0. The second-order valence-corrected chi connectivity index (χ2v) is 9.82. The van der Waals surface area contributed by atoms with Gasteiger partial charge in [0.15, 0.2) is 0 Å². The Morgan fingerprint density at radius 1 is 0.600 bits per heavy atom. The summed E-state index contributed by atoms with van der Waals surface area (Å²) in [5.74, 6) is 0. The highest BCUT2D eigenvalue weighted by Gasteiger charge is 2.44. The molecule has 0 saturated heterocycles. The molecule has 3 aromatic carbocycles. The van der Waals surface area contributed by atoms with Crippen molar-refractivity contribution in [1.29, 1.82) is 0 Å². The number of benzene rings is 3. The van der Waals surface area contributed by atoms with Crippen molar-refractivity contribution in [2.45, 2.75) is 19.8 Å². The van der Waals surface area contributed by atoms with Crippen molar-refractivity contribution in [2.24, 2.45) is 0 Å². The molecule has 0 heterocycles. The van der Waals surface area contributed by atoms with Crippen LogP contribution in [0, 0.1) is 0 Å². The van der Waals surface area contributed by atoms with E-state index in [2.05, 4.69) is 110 Å². The highest BCUT2D eigenvalue weighted by atomic mass is 31.2. The molecular weight excluding hydrogens is 319 g/mol. The van der Waals surface area contributed by atoms with Crippen molar-refractivity contribution in [1.82, 2.24) is 0 Å². The second kappa shape index (κ2) is 8.79. The van der Waals surface area contributed by atoms with Gasteiger partial charge in [0.25, 0.3) is 0 Å². The van der Waals surface area contributed by atoms with E-state index in [-0.39, 0.29) is 0 Å². The highest BCUT2D eigenvalue weighted by molar-refractivity contribution is 7.95. The monoisotopic (exact) mass is 345 g/mol. The molecule has 1 heteroatoms. The number of allylic oxidation sites excluding steroid dienone is 2. The second-order valence-electron chi connectivity index (χ2n) is 6.21. The lowest BCUT2D eigenvalue weighted by Gasteiger charge is -2.27. The smallest absolute Gasteiger partial charge is 0.0887 e. The lowest BCUT2D eigenvalue weighted by Crippen LogP contribution is -2.33. The molecule has 0 saturated carbocycles. The van der Waals surface area contributed by atoms with Crippen LogP contribution < -0.4 is 15.9 Å². The third-order valence-electron chi connectivity index (χ3n) is 4.62. The van der Waals surface area contributed by atoms with Crippen molar-refractivity contribution >= 4 is 23.2 Å². The van der Waals surface area contributed by atoms with E-state index in [0.717, 1.165) is 12.8 Å². The van der Waals surface area contributed by atoms with Gasteiger partial charge in [-0.05, 0) is 42.8 Å². The Balaban J connectivity index is 2.18. The molecule has 3 aromatic rings. The summed E-state index contributed by atoms with van der Waals surface area (Å²) in [6.45, 7) is 2.20. The summed E-state index contributed by atoms with van der Waals surface area (Å²) in [5, 5.41) is 4.41. The van der Waals surface area contributed by atoms with Gasteiger partial charge in [0.1, 0.15) is 23.2 Å². The molecule has 0 fully saturated rings. The largest absolute Gasteiger partial charge is 0.112 e. The van der Waals surface area contributed by atoms with Crippen molar-refractivity contribution in [3.05, 3.63) is 103 Å². The van der Waals surface area contributed by atoms with E-state index in [4.69, 9.17) is 0 Å². The van der Waals surface area contributed by atoms with Crippen molar-refractivity contribution in [2.75, 3.05) is 6.16 Å². The minimum absolute atomic E-state index is 1.10. The van der Waals surface area contributed by atoms with Gasteiger partial charge < -0.3 is 0 Å². The Morgan fingerprint density at radius 2 is 1.00 bits per heavy atom. The van der Waals surface area contributed by atoms with Crippen LogP contribution in [0.3, 0.4) is 0 Å². The zero-order valence-electron chi connectivity index (χ0n) is 14.9. The molecule has 126 valence electrons. The average Bonchev–Trinajstić information content (AvgIpc) is 2.70. The normalized spacial score (nSPS) is 11.7. The Kier molecular flexibility index (Phi) is 6.20. The molecule has 0 amide bonds. The minimum atomic E-state index is -1.64. The van der Waals surface area contributed by atoms with Gasteiger partial charge in [0.2, 0.25) is 0 Å². The molecule has 0 atom stereocenters. The Bertz CT molecular complexity index is 679. The van der Waals surface area contributed by atoms with Gasteiger partial charge in [-0.2, -0.15) is 0 Å². The summed E-state index contributed by atoms with van der Waals surface area (Å²) >= 11 is 0. The molecule has 0 aromatic heterocycles. The van der Waals surface area contributed by atoms with Gasteiger partial charge in [0.05, 0.1) is 6.16 Å². The Morgan fingerprint density at radius 3 is 1.36 bits per heavy atom. The quantitative estimate of drug-likeness (QED) is 0.401. The van der Waals surface area contributed by atoms with E-state index in [1.54, 1.807) is 0 Å². The maximum absolute atomic E-state index is 2.35. The number of hydrogen-bond donors (Lipinski definition) is 0. The van der Waals surface area contributed by atoms with E-state index < -0.39 is 7.26 Å². The van der Waals surface area contributed by atoms with Crippen LogP contribution in [-0.4, -0.2) is 6.16 Å². The minimum Gasteiger partial charge on any atom is -0.0887 e. The first kappa shape index (κ1) is 17.6. The fraction of sp³-hybridized carbons (Fsp3) is 0.167. The molecule has 0 nitrogen and oxygen atoms in total.